The number of hydrogen-bond donors (Lipinski definition) is 2. The molecule has 1 atom stereocenters. The van der Waals surface area contributed by atoms with Gasteiger partial charge >= 0.3 is 5.97 Å². The summed E-state index contributed by atoms with van der Waals surface area (Å²) in [5.41, 5.74) is 1.24. The van der Waals surface area contributed by atoms with Crippen molar-refractivity contribution < 1.29 is 28.6 Å². The van der Waals surface area contributed by atoms with Gasteiger partial charge in [-0.05, 0) is 23.8 Å². The first-order chi connectivity index (χ1) is 15.1. The molecule has 1 aliphatic heterocycles. The summed E-state index contributed by atoms with van der Waals surface area (Å²) in [6.45, 7) is 2.10. The van der Waals surface area contributed by atoms with Crippen LogP contribution in [0.15, 0.2) is 53.4 Å². The molecule has 0 aliphatic carbocycles. The number of phenolic OH excluding ortho intramolecular Hbond substituents is 1. The fourth-order valence-electron chi connectivity index (χ4n) is 4.40. The van der Waals surface area contributed by atoms with E-state index in [-0.39, 0.29) is 27.7 Å². The smallest absolute Gasteiger partial charge is 0.339 e. The van der Waals surface area contributed by atoms with Crippen molar-refractivity contribution in [3.05, 3.63) is 71.5 Å². The number of carboxylic acids is 1. The first-order valence-electron chi connectivity index (χ1n) is 9.87. The highest BCUT2D eigenvalue weighted by Crippen LogP contribution is 2.47. The largest absolute Gasteiger partial charge is 0.507 e. The SMILES string of the molecule is O=C(O)c1coc2c1c(C(c1ccncc1)N1CCOCC1)c(O)c1c(F)cccc12. The van der Waals surface area contributed by atoms with Crippen LogP contribution < -0.4 is 0 Å². The maximum Gasteiger partial charge on any atom is 0.339 e. The molecule has 1 saturated heterocycles. The zero-order valence-corrected chi connectivity index (χ0v) is 16.4. The average Bonchev–Trinajstić information content (AvgIpc) is 3.23. The van der Waals surface area contributed by atoms with Crippen molar-refractivity contribution in [2.24, 2.45) is 0 Å². The number of furan rings is 1. The molecule has 0 radical (unpaired) electrons. The first-order valence-corrected chi connectivity index (χ1v) is 9.87. The summed E-state index contributed by atoms with van der Waals surface area (Å²) in [6.07, 6.45) is 4.40. The zero-order chi connectivity index (χ0) is 21.5. The van der Waals surface area contributed by atoms with E-state index in [2.05, 4.69) is 9.88 Å². The third-order valence-corrected chi connectivity index (χ3v) is 5.75. The van der Waals surface area contributed by atoms with E-state index >= 15 is 0 Å². The van der Waals surface area contributed by atoms with E-state index < -0.39 is 17.8 Å². The Labute approximate surface area is 176 Å². The number of pyridine rings is 1. The van der Waals surface area contributed by atoms with E-state index in [0.717, 1.165) is 11.8 Å². The van der Waals surface area contributed by atoms with Crippen molar-refractivity contribution in [1.82, 2.24) is 9.88 Å². The molecule has 2 N–H and O–H groups in total. The van der Waals surface area contributed by atoms with Gasteiger partial charge in [-0.15, -0.1) is 0 Å². The predicted octanol–water partition coefficient (Wildman–Crippen LogP) is 3.95. The van der Waals surface area contributed by atoms with Crippen LogP contribution in [-0.4, -0.2) is 52.4 Å². The summed E-state index contributed by atoms with van der Waals surface area (Å²) >= 11 is 0. The Balaban J connectivity index is 1.91. The normalized spacial score (nSPS) is 16.0. The van der Waals surface area contributed by atoms with Crippen LogP contribution in [0.2, 0.25) is 0 Å². The molecule has 3 heterocycles. The van der Waals surface area contributed by atoms with E-state index in [0.29, 0.717) is 37.3 Å². The van der Waals surface area contributed by atoms with E-state index in [1.165, 1.54) is 12.1 Å². The summed E-state index contributed by atoms with van der Waals surface area (Å²) in [4.78, 5) is 18.2. The number of carboxylic acid groups (broad SMARTS) is 1. The molecule has 0 spiro atoms. The van der Waals surface area contributed by atoms with Crippen LogP contribution in [0.3, 0.4) is 0 Å². The molecule has 158 valence electrons. The molecule has 2 aromatic carbocycles. The molecule has 0 bridgehead atoms. The summed E-state index contributed by atoms with van der Waals surface area (Å²) in [6, 6.07) is 7.43. The van der Waals surface area contributed by atoms with Crippen molar-refractivity contribution in [2.75, 3.05) is 26.3 Å². The van der Waals surface area contributed by atoms with Crippen LogP contribution in [0.25, 0.3) is 21.7 Å². The highest BCUT2D eigenvalue weighted by molar-refractivity contribution is 6.15. The van der Waals surface area contributed by atoms with E-state index in [9.17, 15) is 19.4 Å². The topological polar surface area (TPSA) is 96.0 Å². The van der Waals surface area contributed by atoms with Crippen molar-refractivity contribution in [2.45, 2.75) is 6.04 Å². The quantitative estimate of drug-likeness (QED) is 0.514. The van der Waals surface area contributed by atoms with Crippen LogP contribution in [-0.2, 0) is 4.74 Å². The highest BCUT2D eigenvalue weighted by atomic mass is 19.1. The van der Waals surface area contributed by atoms with E-state index in [1.54, 1.807) is 30.6 Å². The zero-order valence-electron chi connectivity index (χ0n) is 16.4. The molecule has 0 amide bonds. The van der Waals surface area contributed by atoms with E-state index in [4.69, 9.17) is 9.15 Å². The number of aromatic hydroxyl groups is 1. The third-order valence-electron chi connectivity index (χ3n) is 5.75. The summed E-state index contributed by atoms with van der Waals surface area (Å²) in [5.74, 6) is -2.09. The molecule has 1 aliphatic rings. The molecule has 2 aromatic heterocycles. The number of morpholine rings is 1. The number of hydrogen-bond acceptors (Lipinski definition) is 6. The number of halogens is 1. The minimum atomic E-state index is -1.19. The second kappa shape index (κ2) is 7.64. The lowest BCUT2D eigenvalue weighted by molar-refractivity contribution is 0.0238. The molecular formula is C23H19FN2O5. The molecule has 1 fully saturated rings. The molecule has 0 saturated carbocycles. The molecule has 7 nitrogen and oxygen atoms in total. The maximum absolute atomic E-state index is 14.9. The van der Waals surface area contributed by atoms with Crippen LogP contribution >= 0.6 is 0 Å². The highest BCUT2D eigenvalue weighted by Gasteiger charge is 2.33. The van der Waals surface area contributed by atoms with Gasteiger partial charge in [0.05, 0.1) is 24.6 Å². The Morgan fingerprint density at radius 1 is 1.13 bits per heavy atom. The first kappa shape index (κ1) is 19.5. The van der Waals surface area contributed by atoms with Gasteiger partial charge in [-0.25, -0.2) is 9.18 Å². The van der Waals surface area contributed by atoms with Gasteiger partial charge in [-0.1, -0.05) is 12.1 Å². The molecule has 4 aromatic rings. The van der Waals surface area contributed by atoms with Gasteiger partial charge in [0, 0.05) is 41.8 Å². The standard InChI is InChI=1S/C23H19FN2O5/c24-16-3-1-2-14-17(16)21(27)19(18-15(23(28)29)12-31-22(14)18)20(13-4-6-25-7-5-13)26-8-10-30-11-9-26/h1-7,12,20,27H,8-11H2,(H,28,29). The molecule has 5 rings (SSSR count). The Morgan fingerprint density at radius 3 is 2.58 bits per heavy atom. The van der Waals surface area contributed by atoms with Crippen LogP contribution in [0.4, 0.5) is 4.39 Å². The minimum Gasteiger partial charge on any atom is -0.507 e. The van der Waals surface area contributed by atoms with Gasteiger partial charge in [0.1, 0.15) is 29.0 Å². The Bertz CT molecular complexity index is 1280. The number of nitrogens with zero attached hydrogens (tertiary/aromatic N) is 2. The summed E-state index contributed by atoms with van der Waals surface area (Å²) in [5, 5.41) is 21.8. The summed E-state index contributed by atoms with van der Waals surface area (Å²) in [7, 11) is 0. The van der Waals surface area contributed by atoms with Gasteiger partial charge in [0.25, 0.3) is 0 Å². The van der Waals surface area contributed by atoms with Gasteiger partial charge in [-0.2, -0.15) is 0 Å². The van der Waals surface area contributed by atoms with Gasteiger partial charge in [-0.3, -0.25) is 9.88 Å². The van der Waals surface area contributed by atoms with Crippen LogP contribution in [0.1, 0.15) is 27.5 Å². The molecule has 1 unspecified atom stereocenters. The number of benzene rings is 2. The van der Waals surface area contributed by atoms with Crippen LogP contribution in [0, 0.1) is 5.82 Å². The Hall–Kier alpha value is -3.49. The minimum absolute atomic E-state index is 0.00334. The number of aromatic nitrogens is 1. The van der Waals surface area contributed by atoms with Crippen LogP contribution in [0.5, 0.6) is 5.75 Å². The van der Waals surface area contributed by atoms with Gasteiger partial charge < -0.3 is 19.4 Å². The lowest BCUT2D eigenvalue weighted by atomic mass is 9.89. The van der Waals surface area contributed by atoms with Gasteiger partial charge in [0.15, 0.2) is 0 Å². The maximum atomic E-state index is 14.9. The number of phenols is 1. The number of carbonyl (C=O) groups is 1. The second-order valence-electron chi connectivity index (χ2n) is 7.41. The lowest BCUT2D eigenvalue weighted by Crippen LogP contribution is -2.39. The van der Waals surface area contributed by atoms with Crippen molar-refractivity contribution in [3.8, 4) is 5.75 Å². The average molecular weight is 422 g/mol. The summed E-state index contributed by atoms with van der Waals surface area (Å²) < 4.78 is 26.0. The Morgan fingerprint density at radius 2 is 1.87 bits per heavy atom. The number of rotatable bonds is 4. The van der Waals surface area contributed by atoms with Crippen molar-refractivity contribution >= 4 is 27.7 Å². The third kappa shape index (κ3) is 3.11. The van der Waals surface area contributed by atoms with Gasteiger partial charge in [0.2, 0.25) is 0 Å². The predicted molar refractivity (Wildman–Crippen MR) is 111 cm³/mol. The lowest BCUT2D eigenvalue weighted by Gasteiger charge is -2.36. The van der Waals surface area contributed by atoms with Crippen molar-refractivity contribution in [1.29, 1.82) is 0 Å². The fourth-order valence-corrected chi connectivity index (χ4v) is 4.40. The second-order valence-corrected chi connectivity index (χ2v) is 7.41. The molecule has 8 heteroatoms. The molecular weight excluding hydrogens is 403 g/mol. The van der Waals surface area contributed by atoms with E-state index in [1.807, 2.05) is 0 Å². The number of fused-ring (bicyclic) bond motifs is 3. The van der Waals surface area contributed by atoms with Crippen molar-refractivity contribution in [3.63, 3.8) is 0 Å². The Kier molecular flexibility index (Phi) is 4.80. The fraction of sp³-hybridized carbons (Fsp3) is 0.217. The molecule has 31 heavy (non-hydrogen) atoms. The number of aromatic carboxylic acids is 1. The number of ether oxygens (including phenoxy) is 1. The monoisotopic (exact) mass is 422 g/mol.